The van der Waals surface area contributed by atoms with E-state index in [9.17, 15) is 0 Å². The summed E-state index contributed by atoms with van der Waals surface area (Å²) in [5.74, 6) is 0. The Bertz CT molecular complexity index is 134. The Morgan fingerprint density at radius 2 is 2.25 bits per heavy atom. The van der Waals surface area contributed by atoms with Crippen molar-refractivity contribution in [1.82, 2.24) is 0 Å². The summed E-state index contributed by atoms with van der Waals surface area (Å²) >= 11 is 4.68. The molecule has 0 aliphatic carbocycles. The van der Waals surface area contributed by atoms with Crippen molar-refractivity contribution in [1.29, 1.82) is 0 Å². The molecule has 1 aliphatic rings. The minimum Gasteiger partial charge on any atom is -0.416 e. The molecule has 0 amide bonds. The maximum Gasteiger partial charge on any atom is 0.202 e. The normalized spacial score (nSPS) is 33.2. The summed E-state index contributed by atoms with van der Waals surface area (Å²) < 4.78 is 5.94. The van der Waals surface area contributed by atoms with Crippen LogP contribution in [0, 0.1) is 0 Å². The van der Waals surface area contributed by atoms with Gasteiger partial charge in [0.2, 0.25) is 8.32 Å². The van der Waals surface area contributed by atoms with Gasteiger partial charge in [-0.15, -0.1) is 0 Å². The largest absolute Gasteiger partial charge is 0.416 e. The molecule has 2 unspecified atom stereocenters. The van der Waals surface area contributed by atoms with E-state index in [1.807, 2.05) is 0 Å². The zero-order valence-corrected chi connectivity index (χ0v) is 10.1. The lowest BCUT2D eigenvalue weighted by Gasteiger charge is -2.36. The monoisotopic (exact) mass is 204 g/mol. The first-order valence-corrected chi connectivity index (χ1v) is 8.22. The van der Waals surface area contributed by atoms with Gasteiger partial charge in [0.15, 0.2) is 0 Å². The lowest BCUT2D eigenvalue weighted by atomic mass is 10.4. The highest BCUT2D eigenvalue weighted by atomic mass is 32.1. The van der Waals surface area contributed by atoms with E-state index >= 15 is 0 Å². The van der Waals surface area contributed by atoms with Crippen LogP contribution in [0.1, 0.15) is 32.6 Å². The maximum atomic E-state index is 5.94. The lowest BCUT2D eigenvalue weighted by Crippen LogP contribution is -2.47. The third kappa shape index (κ3) is 2.51. The summed E-state index contributed by atoms with van der Waals surface area (Å²) in [7, 11) is -1.40. The van der Waals surface area contributed by atoms with Crippen LogP contribution in [0.2, 0.25) is 12.6 Å². The molecule has 0 saturated carbocycles. The van der Waals surface area contributed by atoms with Crippen LogP contribution in [0.5, 0.6) is 0 Å². The summed E-state index contributed by atoms with van der Waals surface area (Å²) in [5.41, 5.74) is 0. The Hall–Kier alpha value is 0.527. The van der Waals surface area contributed by atoms with E-state index in [0.717, 1.165) is 6.61 Å². The van der Waals surface area contributed by atoms with E-state index in [1.165, 1.54) is 31.7 Å². The molecular weight excluding hydrogens is 184 g/mol. The van der Waals surface area contributed by atoms with Crippen LogP contribution in [0.15, 0.2) is 0 Å². The first kappa shape index (κ1) is 10.6. The van der Waals surface area contributed by atoms with Crippen LogP contribution in [0.25, 0.3) is 0 Å². The Kier molecular flexibility index (Phi) is 4.13. The summed E-state index contributed by atoms with van der Waals surface area (Å²) in [6.45, 7) is 5.56. The minimum atomic E-state index is -1.40. The van der Waals surface area contributed by atoms with Gasteiger partial charge in [-0.05, 0) is 25.4 Å². The van der Waals surface area contributed by atoms with Crippen molar-refractivity contribution in [2.24, 2.45) is 0 Å². The van der Waals surface area contributed by atoms with Gasteiger partial charge in [-0.2, -0.15) is 12.6 Å². The van der Waals surface area contributed by atoms with Gasteiger partial charge in [0.05, 0.1) is 0 Å². The standard InChI is InChI=1S/C9H20OSSi/c1-3-6-9(11)12(2)8-5-4-7-10-12/h9,11H,3-8H2,1-2H3. The molecule has 2 atom stereocenters. The van der Waals surface area contributed by atoms with Gasteiger partial charge >= 0.3 is 0 Å². The van der Waals surface area contributed by atoms with Gasteiger partial charge in [-0.1, -0.05) is 19.8 Å². The highest BCUT2D eigenvalue weighted by Gasteiger charge is 2.37. The molecule has 1 fully saturated rings. The highest BCUT2D eigenvalue weighted by Crippen LogP contribution is 2.29. The van der Waals surface area contributed by atoms with Gasteiger partial charge in [0.1, 0.15) is 0 Å². The van der Waals surface area contributed by atoms with Crippen LogP contribution in [-0.2, 0) is 4.43 Å². The van der Waals surface area contributed by atoms with E-state index in [-0.39, 0.29) is 0 Å². The SMILES string of the molecule is CCCC(S)[Si]1(C)CCCCO1. The number of hydrogen-bond acceptors (Lipinski definition) is 2. The summed E-state index contributed by atoms with van der Waals surface area (Å²) in [5, 5.41) is 0. The molecule has 1 heterocycles. The first-order valence-electron chi connectivity index (χ1n) is 5.01. The molecule has 0 aromatic rings. The van der Waals surface area contributed by atoms with Gasteiger partial charge in [-0.25, -0.2) is 0 Å². The molecule has 0 aromatic heterocycles. The number of hydrogen-bond donors (Lipinski definition) is 1. The molecule has 0 spiro atoms. The second-order valence-corrected chi connectivity index (χ2v) is 9.14. The van der Waals surface area contributed by atoms with Gasteiger partial charge < -0.3 is 4.43 Å². The molecular formula is C9H20OSSi. The van der Waals surface area contributed by atoms with Crippen molar-refractivity contribution >= 4 is 20.9 Å². The molecule has 1 nitrogen and oxygen atoms in total. The fourth-order valence-electron chi connectivity index (χ4n) is 1.80. The molecule has 12 heavy (non-hydrogen) atoms. The molecule has 0 N–H and O–H groups in total. The van der Waals surface area contributed by atoms with Crippen LogP contribution in [-0.4, -0.2) is 19.8 Å². The van der Waals surface area contributed by atoms with E-state index in [2.05, 4.69) is 26.1 Å². The van der Waals surface area contributed by atoms with E-state index < -0.39 is 8.32 Å². The van der Waals surface area contributed by atoms with Crippen LogP contribution in [0.4, 0.5) is 0 Å². The van der Waals surface area contributed by atoms with Gasteiger partial charge in [0, 0.05) is 11.5 Å². The van der Waals surface area contributed by atoms with Crippen LogP contribution < -0.4 is 0 Å². The van der Waals surface area contributed by atoms with Crippen LogP contribution >= 0.6 is 12.6 Å². The zero-order chi connectivity index (χ0) is 9.03. The predicted molar refractivity (Wildman–Crippen MR) is 59.3 cm³/mol. The van der Waals surface area contributed by atoms with Crippen molar-refractivity contribution in [2.75, 3.05) is 6.61 Å². The predicted octanol–water partition coefficient (Wildman–Crippen LogP) is 3.01. The second-order valence-electron chi connectivity index (χ2n) is 3.92. The molecule has 1 rings (SSSR count). The summed E-state index contributed by atoms with van der Waals surface area (Å²) in [6.07, 6.45) is 5.09. The fraction of sp³-hybridized carbons (Fsp3) is 1.00. The molecule has 1 saturated heterocycles. The average Bonchev–Trinajstić information content (AvgIpc) is 2.06. The molecule has 0 bridgehead atoms. The van der Waals surface area contributed by atoms with Crippen molar-refractivity contribution in [3.05, 3.63) is 0 Å². The Balaban J connectivity index is 2.44. The van der Waals surface area contributed by atoms with Crippen molar-refractivity contribution in [3.8, 4) is 0 Å². The van der Waals surface area contributed by atoms with E-state index in [0.29, 0.717) is 4.87 Å². The maximum absolute atomic E-state index is 5.94. The Morgan fingerprint density at radius 1 is 1.50 bits per heavy atom. The summed E-state index contributed by atoms with van der Waals surface area (Å²) in [6, 6.07) is 1.32. The van der Waals surface area contributed by atoms with Crippen LogP contribution in [0.3, 0.4) is 0 Å². The third-order valence-electron chi connectivity index (χ3n) is 2.77. The topological polar surface area (TPSA) is 9.23 Å². The molecule has 3 heteroatoms. The first-order chi connectivity index (χ1) is 5.69. The summed E-state index contributed by atoms with van der Waals surface area (Å²) in [4.78, 5) is 0.558. The fourth-order valence-corrected chi connectivity index (χ4v) is 5.80. The van der Waals surface area contributed by atoms with Crippen molar-refractivity contribution in [2.45, 2.75) is 50.1 Å². The molecule has 72 valence electrons. The van der Waals surface area contributed by atoms with Crippen molar-refractivity contribution < 1.29 is 4.43 Å². The Morgan fingerprint density at radius 3 is 2.75 bits per heavy atom. The molecule has 1 aliphatic heterocycles. The number of rotatable bonds is 3. The third-order valence-corrected chi connectivity index (χ3v) is 8.57. The van der Waals surface area contributed by atoms with Gasteiger partial charge in [0.25, 0.3) is 0 Å². The smallest absolute Gasteiger partial charge is 0.202 e. The molecule has 0 radical (unpaired) electrons. The lowest BCUT2D eigenvalue weighted by molar-refractivity contribution is 0.268. The minimum absolute atomic E-state index is 0.558. The molecule has 0 aromatic carbocycles. The number of thiol groups is 1. The average molecular weight is 204 g/mol. The second kappa shape index (κ2) is 4.68. The quantitative estimate of drug-likeness (QED) is 0.549. The van der Waals surface area contributed by atoms with E-state index in [1.54, 1.807) is 0 Å². The van der Waals surface area contributed by atoms with Crippen molar-refractivity contribution in [3.63, 3.8) is 0 Å². The highest BCUT2D eigenvalue weighted by molar-refractivity contribution is 7.83. The van der Waals surface area contributed by atoms with Gasteiger partial charge in [-0.3, -0.25) is 0 Å². The van der Waals surface area contributed by atoms with E-state index in [4.69, 9.17) is 4.43 Å². The Labute approximate surface area is 82.4 Å². The zero-order valence-electron chi connectivity index (χ0n) is 8.18.